The monoisotopic (exact) mass is 312 g/mol. The van der Waals surface area contributed by atoms with Gasteiger partial charge in [0.15, 0.2) is 5.65 Å². The van der Waals surface area contributed by atoms with Gasteiger partial charge in [0.2, 0.25) is 5.95 Å². The number of fused-ring (bicyclic) bond motifs is 1. The third-order valence-corrected chi connectivity index (χ3v) is 3.27. The predicted octanol–water partition coefficient (Wildman–Crippen LogP) is 1.99. The zero-order valence-corrected chi connectivity index (χ0v) is 12.8. The van der Waals surface area contributed by atoms with Crippen LogP contribution in [0.4, 0.5) is 5.95 Å². The van der Waals surface area contributed by atoms with Gasteiger partial charge >= 0.3 is 0 Å². The number of aromatic nitrogens is 3. The Morgan fingerprint density at radius 1 is 1.17 bits per heavy atom. The average Bonchev–Trinajstić information content (AvgIpc) is 2.97. The fourth-order valence-electron chi connectivity index (χ4n) is 2.23. The molecule has 2 heterocycles. The van der Waals surface area contributed by atoms with Crippen molar-refractivity contribution in [2.24, 2.45) is 0 Å². The first-order chi connectivity index (χ1) is 11.2. The smallest absolute Gasteiger partial charge is 0.252 e. The molecule has 0 aliphatic carbocycles. The summed E-state index contributed by atoms with van der Waals surface area (Å²) in [7, 11) is 3.08. The van der Waals surface area contributed by atoms with Crippen molar-refractivity contribution in [2.45, 2.75) is 0 Å². The maximum atomic E-state index is 11.6. The molecule has 0 bridgehead atoms. The summed E-state index contributed by atoms with van der Waals surface area (Å²) >= 11 is 0. The molecular formula is C16H16N4O3. The van der Waals surface area contributed by atoms with E-state index in [1.165, 1.54) is 7.11 Å². The van der Waals surface area contributed by atoms with Crippen molar-refractivity contribution in [3.63, 3.8) is 0 Å². The van der Waals surface area contributed by atoms with E-state index in [0.29, 0.717) is 5.65 Å². The third-order valence-electron chi connectivity index (χ3n) is 3.27. The topological polar surface area (TPSA) is 77.8 Å². The van der Waals surface area contributed by atoms with Crippen LogP contribution in [0.5, 0.6) is 5.75 Å². The average molecular weight is 312 g/mol. The Morgan fingerprint density at radius 2 is 1.96 bits per heavy atom. The van der Waals surface area contributed by atoms with Gasteiger partial charge < -0.3 is 9.47 Å². The van der Waals surface area contributed by atoms with Crippen molar-refractivity contribution < 1.29 is 14.3 Å². The lowest BCUT2D eigenvalue weighted by molar-refractivity contribution is -0.119. The largest absolute Gasteiger partial charge is 0.497 e. The molecule has 7 heteroatoms. The molecule has 1 N–H and O–H groups in total. The predicted molar refractivity (Wildman–Crippen MR) is 85.5 cm³/mol. The molecule has 0 atom stereocenters. The Hall–Kier alpha value is -2.93. The van der Waals surface area contributed by atoms with Crippen LogP contribution in [0.25, 0.3) is 16.9 Å². The molecule has 0 fully saturated rings. The number of ether oxygens (including phenoxy) is 2. The van der Waals surface area contributed by atoms with Crippen molar-refractivity contribution in [1.82, 2.24) is 14.6 Å². The van der Waals surface area contributed by atoms with E-state index in [4.69, 9.17) is 9.47 Å². The zero-order chi connectivity index (χ0) is 16.2. The van der Waals surface area contributed by atoms with Crippen LogP contribution in [0.3, 0.4) is 0 Å². The number of amides is 1. The van der Waals surface area contributed by atoms with E-state index in [1.54, 1.807) is 11.6 Å². The molecule has 0 radical (unpaired) electrons. The van der Waals surface area contributed by atoms with Gasteiger partial charge in [-0.15, -0.1) is 5.10 Å². The number of pyridine rings is 1. The minimum atomic E-state index is -0.297. The number of methoxy groups -OCH3 is 2. The molecular weight excluding hydrogens is 296 g/mol. The fourth-order valence-corrected chi connectivity index (χ4v) is 2.23. The standard InChI is InChI=1S/C16H16N4O3/c1-22-10-15(21)18-16-17-14-5-3-4-13(20(14)19-16)11-6-8-12(23-2)9-7-11/h3-9H,10H2,1-2H3,(H,18,19,21). The highest BCUT2D eigenvalue weighted by Gasteiger charge is 2.11. The Bertz CT molecular complexity index is 827. The quantitative estimate of drug-likeness (QED) is 0.779. The zero-order valence-electron chi connectivity index (χ0n) is 12.8. The van der Waals surface area contributed by atoms with Crippen molar-refractivity contribution in [2.75, 3.05) is 26.1 Å². The minimum Gasteiger partial charge on any atom is -0.497 e. The first-order valence-corrected chi connectivity index (χ1v) is 7.00. The van der Waals surface area contributed by atoms with Gasteiger partial charge in [-0.3, -0.25) is 10.1 Å². The maximum Gasteiger partial charge on any atom is 0.252 e. The highest BCUT2D eigenvalue weighted by Crippen LogP contribution is 2.23. The highest BCUT2D eigenvalue weighted by molar-refractivity contribution is 5.90. The van der Waals surface area contributed by atoms with Crippen LogP contribution in [0, 0.1) is 0 Å². The van der Waals surface area contributed by atoms with Gasteiger partial charge in [0.1, 0.15) is 12.4 Å². The number of nitrogens with zero attached hydrogens (tertiary/aromatic N) is 3. The number of anilines is 1. The van der Waals surface area contributed by atoms with Gasteiger partial charge in [0, 0.05) is 12.7 Å². The summed E-state index contributed by atoms with van der Waals surface area (Å²) in [6.07, 6.45) is 0. The molecule has 1 amide bonds. The van der Waals surface area contributed by atoms with Crippen LogP contribution in [-0.4, -0.2) is 41.3 Å². The Balaban J connectivity index is 1.97. The molecule has 0 saturated carbocycles. The van der Waals surface area contributed by atoms with Gasteiger partial charge in [-0.2, -0.15) is 4.98 Å². The summed E-state index contributed by atoms with van der Waals surface area (Å²) in [5, 5.41) is 6.94. The van der Waals surface area contributed by atoms with Crippen LogP contribution < -0.4 is 10.1 Å². The number of rotatable bonds is 5. The van der Waals surface area contributed by atoms with Crippen molar-refractivity contribution in [3.05, 3.63) is 42.5 Å². The van der Waals surface area contributed by atoms with Gasteiger partial charge in [0.05, 0.1) is 12.8 Å². The van der Waals surface area contributed by atoms with E-state index < -0.39 is 0 Å². The summed E-state index contributed by atoms with van der Waals surface area (Å²) in [5.41, 5.74) is 2.48. The first-order valence-electron chi connectivity index (χ1n) is 7.00. The van der Waals surface area contributed by atoms with E-state index in [9.17, 15) is 4.79 Å². The van der Waals surface area contributed by atoms with Crippen molar-refractivity contribution in [3.8, 4) is 17.0 Å². The van der Waals surface area contributed by atoms with E-state index in [2.05, 4.69) is 15.4 Å². The summed E-state index contributed by atoms with van der Waals surface area (Å²) in [6.45, 7) is -0.0408. The number of hydrogen-bond acceptors (Lipinski definition) is 5. The lowest BCUT2D eigenvalue weighted by Gasteiger charge is -2.05. The van der Waals surface area contributed by atoms with Crippen LogP contribution in [0.1, 0.15) is 0 Å². The summed E-state index contributed by atoms with van der Waals surface area (Å²) in [4.78, 5) is 15.9. The molecule has 3 aromatic rings. The van der Waals surface area contributed by atoms with Crippen LogP contribution in [-0.2, 0) is 9.53 Å². The van der Waals surface area contributed by atoms with Gasteiger partial charge in [0.25, 0.3) is 5.91 Å². The summed E-state index contributed by atoms with van der Waals surface area (Å²) in [6, 6.07) is 13.3. The second-order valence-electron chi connectivity index (χ2n) is 4.83. The third kappa shape index (κ3) is 3.14. The van der Waals surface area contributed by atoms with E-state index in [1.807, 2.05) is 42.5 Å². The molecule has 7 nitrogen and oxygen atoms in total. The van der Waals surface area contributed by atoms with Crippen molar-refractivity contribution in [1.29, 1.82) is 0 Å². The second-order valence-corrected chi connectivity index (χ2v) is 4.83. The molecule has 1 aromatic carbocycles. The van der Waals surface area contributed by atoms with Crippen LogP contribution >= 0.6 is 0 Å². The number of carbonyl (C=O) groups excluding carboxylic acids is 1. The Morgan fingerprint density at radius 3 is 2.65 bits per heavy atom. The molecule has 2 aromatic heterocycles. The lowest BCUT2D eigenvalue weighted by Crippen LogP contribution is -2.18. The molecule has 0 aliphatic rings. The number of carbonyl (C=O) groups is 1. The summed E-state index contributed by atoms with van der Waals surface area (Å²) < 4.78 is 11.6. The maximum absolute atomic E-state index is 11.6. The Kier molecular flexibility index (Phi) is 4.20. The lowest BCUT2D eigenvalue weighted by atomic mass is 10.1. The second kappa shape index (κ2) is 6.45. The van der Waals surface area contributed by atoms with E-state index in [-0.39, 0.29) is 18.5 Å². The van der Waals surface area contributed by atoms with Gasteiger partial charge in [-0.05, 0) is 36.4 Å². The minimum absolute atomic E-state index is 0.0408. The van der Waals surface area contributed by atoms with Gasteiger partial charge in [-0.1, -0.05) is 6.07 Å². The molecule has 118 valence electrons. The van der Waals surface area contributed by atoms with E-state index >= 15 is 0 Å². The number of benzene rings is 1. The summed E-state index contributed by atoms with van der Waals surface area (Å²) in [5.74, 6) is 0.731. The SMILES string of the molecule is COCC(=O)Nc1nc2cccc(-c3ccc(OC)cc3)n2n1. The molecule has 0 unspecified atom stereocenters. The molecule has 23 heavy (non-hydrogen) atoms. The van der Waals surface area contributed by atoms with Crippen LogP contribution in [0.15, 0.2) is 42.5 Å². The number of nitrogens with one attached hydrogen (secondary N) is 1. The van der Waals surface area contributed by atoms with Crippen LogP contribution in [0.2, 0.25) is 0 Å². The van der Waals surface area contributed by atoms with Crippen molar-refractivity contribution >= 4 is 17.5 Å². The molecule has 0 saturated heterocycles. The molecule has 0 spiro atoms. The fraction of sp³-hybridized carbons (Fsp3) is 0.188. The highest BCUT2D eigenvalue weighted by atomic mass is 16.5. The number of hydrogen-bond donors (Lipinski definition) is 1. The first kappa shape index (κ1) is 15.0. The van der Waals surface area contributed by atoms with E-state index in [0.717, 1.165) is 17.0 Å². The van der Waals surface area contributed by atoms with Gasteiger partial charge in [-0.25, -0.2) is 4.52 Å². The Labute approximate surface area is 132 Å². The molecule has 0 aliphatic heterocycles. The normalized spacial score (nSPS) is 10.7. The molecule has 3 rings (SSSR count).